The Kier molecular flexibility index (Phi) is 9.11. The van der Waals surface area contributed by atoms with Crippen LogP contribution in [0.15, 0.2) is 53.5 Å². The molecule has 0 aliphatic carbocycles. The first-order chi connectivity index (χ1) is 19.1. The van der Waals surface area contributed by atoms with Crippen molar-refractivity contribution in [3.05, 3.63) is 80.7 Å². The summed E-state index contributed by atoms with van der Waals surface area (Å²) in [6, 6.07) is 13.3. The minimum Gasteiger partial charge on any atom is -0.450 e. The van der Waals surface area contributed by atoms with Gasteiger partial charge in [-0.25, -0.2) is 9.78 Å². The fraction of sp³-hybridized carbons (Fsp3) is 0.379. The second kappa shape index (κ2) is 12.5. The maximum absolute atomic E-state index is 13.3. The second-order valence-corrected chi connectivity index (χ2v) is 10.5. The lowest BCUT2D eigenvalue weighted by Crippen LogP contribution is -2.49. The van der Waals surface area contributed by atoms with Gasteiger partial charge in [0.15, 0.2) is 5.95 Å². The molecule has 2 atom stereocenters. The lowest BCUT2D eigenvalue weighted by molar-refractivity contribution is -0.0588. The number of aliphatic hydroxyl groups is 1. The molecule has 1 aliphatic rings. The number of halogens is 1. The van der Waals surface area contributed by atoms with Crippen molar-refractivity contribution < 1.29 is 19.4 Å². The maximum atomic E-state index is 13.3. The summed E-state index contributed by atoms with van der Waals surface area (Å²) in [6.07, 6.45) is 2.49. The van der Waals surface area contributed by atoms with Crippen LogP contribution in [-0.2, 0) is 10.3 Å². The largest absolute Gasteiger partial charge is 0.450 e. The minimum absolute atomic E-state index is 0.0731. The molecular formula is C29H34ClN5O5. The molecule has 2 amide bonds. The van der Waals surface area contributed by atoms with E-state index in [1.54, 1.807) is 17.0 Å². The van der Waals surface area contributed by atoms with E-state index in [1.165, 1.54) is 13.2 Å². The van der Waals surface area contributed by atoms with E-state index in [-0.39, 0.29) is 31.1 Å². The fourth-order valence-corrected chi connectivity index (χ4v) is 5.68. The number of ether oxygens (including phenoxy) is 1. The number of nitrogen functional groups attached to an aromatic ring is 1. The zero-order valence-corrected chi connectivity index (χ0v) is 23.3. The summed E-state index contributed by atoms with van der Waals surface area (Å²) in [5, 5.41) is 15.5. The summed E-state index contributed by atoms with van der Waals surface area (Å²) in [5.41, 5.74) is 6.65. The highest BCUT2D eigenvalue weighted by molar-refractivity contribution is 6.33. The normalized spacial score (nSPS) is 16.7. The Morgan fingerprint density at radius 2 is 2.08 bits per heavy atom. The van der Waals surface area contributed by atoms with Gasteiger partial charge in [0.05, 0.1) is 12.2 Å². The van der Waals surface area contributed by atoms with Crippen molar-refractivity contribution in [2.75, 3.05) is 32.5 Å². The highest BCUT2D eigenvalue weighted by Crippen LogP contribution is 2.45. The standard InChI is InChI=1S/C29H34ClN5O5/c1-18-7-3-8-19(15-18)24-22(10-4-11-23(24)30)29(39,12-6-14-40-28(38)32-2)20-9-5-13-35(17-20)26(37)21-16-33-27(31)34-25(21)36/h3-4,7-8,10-11,15-16,20,39H,5-6,9,12-14,17H2,1-2H3,(H,32,38)(H3,31,33,34,36)/t20-,29+/m1/s1. The third-order valence-corrected chi connectivity index (χ3v) is 7.67. The number of carbonyl (C=O) groups is 2. The summed E-state index contributed by atoms with van der Waals surface area (Å²) in [5.74, 6) is -0.946. The molecule has 11 heteroatoms. The van der Waals surface area contributed by atoms with Crippen LogP contribution in [0.4, 0.5) is 10.7 Å². The number of aromatic amines is 1. The van der Waals surface area contributed by atoms with Gasteiger partial charge in [-0.3, -0.25) is 14.6 Å². The van der Waals surface area contributed by atoms with Gasteiger partial charge in [0.1, 0.15) is 5.56 Å². The van der Waals surface area contributed by atoms with Gasteiger partial charge in [0, 0.05) is 42.8 Å². The number of H-pyrrole nitrogens is 1. The van der Waals surface area contributed by atoms with E-state index in [0.717, 1.165) is 11.1 Å². The molecule has 5 N–H and O–H groups in total. The number of anilines is 1. The number of amides is 2. The van der Waals surface area contributed by atoms with Crippen LogP contribution in [0.5, 0.6) is 0 Å². The van der Waals surface area contributed by atoms with E-state index in [1.807, 2.05) is 37.3 Å². The number of piperidine rings is 1. The molecule has 4 rings (SSSR count). The number of rotatable bonds is 8. The zero-order valence-electron chi connectivity index (χ0n) is 22.6. The number of aromatic nitrogens is 2. The molecule has 10 nitrogen and oxygen atoms in total. The van der Waals surface area contributed by atoms with Crippen LogP contribution in [0, 0.1) is 12.8 Å². The van der Waals surface area contributed by atoms with E-state index >= 15 is 0 Å². The summed E-state index contributed by atoms with van der Waals surface area (Å²) >= 11 is 6.76. The number of likely N-dealkylation sites (tertiary alicyclic amines) is 1. The minimum atomic E-state index is -1.43. The second-order valence-electron chi connectivity index (χ2n) is 10.0. The van der Waals surface area contributed by atoms with Gasteiger partial charge >= 0.3 is 6.09 Å². The topological polar surface area (TPSA) is 151 Å². The van der Waals surface area contributed by atoms with Crippen LogP contribution < -0.4 is 16.6 Å². The Labute approximate surface area is 237 Å². The van der Waals surface area contributed by atoms with Gasteiger partial charge < -0.3 is 25.8 Å². The Hall–Kier alpha value is -3.89. The first-order valence-corrected chi connectivity index (χ1v) is 13.6. The fourth-order valence-electron chi connectivity index (χ4n) is 5.40. The predicted octanol–water partition coefficient (Wildman–Crippen LogP) is 3.86. The molecule has 2 aromatic carbocycles. The molecule has 0 bridgehead atoms. The zero-order chi connectivity index (χ0) is 28.9. The van der Waals surface area contributed by atoms with E-state index in [0.29, 0.717) is 42.0 Å². The molecule has 0 spiro atoms. The van der Waals surface area contributed by atoms with Gasteiger partial charge in [0.2, 0.25) is 0 Å². The number of alkyl carbamates (subject to hydrolysis) is 1. The lowest BCUT2D eigenvalue weighted by Gasteiger charge is -2.43. The van der Waals surface area contributed by atoms with E-state index in [9.17, 15) is 19.5 Å². The van der Waals surface area contributed by atoms with Crippen molar-refractivity contribution in [1.29, 1.82) is 0 Å². The number of carbonyl (C=O) groups excluding carboxylic acids is 2. The highest BCUT2D eigenvalue weighted by Gasteiger charge is 2.43. The van der Waals surface area contributed by atoms with Crippen LogP contribution in [0.2, 0.25) is 5.02 Å². The van der Waals surface area contributed by atoms with Crippen LogP contribution in [0.25, 0.3) is 11.1 Å². The Bertz CT molecular complexity index is 1440. The lowest BCUT2D eigenvalue weighted by atomic mass is 9.72. The van der Waals surface area contributed by atoms with Crippen molar-refractivity contribution >= 4 is 29.5 Å². The van der Waals surface area contributed by atoms with Gasteiger partial charge in [-0.2, -0.15) is 0 Å². The Morgan fingerprint density at radius 3 is 2.80 bits per heavy atom. The quantitative estimate of drug-likeness (QED) is 0.302. The number of hydrogen-bond acceptors (Lipinski definition) is 7. The number of nitrogens with zero attached hydrogens (tertiary/aromatic N) is 2. The first-order valence-electron chi connectivity index (χ1n) is 13.2. The molecule has 2 heterocycles. The summed E-state index contributed by atoms with van der Waals surface area (Å²) in [4.78, 5) is 45.2. The van der Waals surface area contributed by atoms with Crippen molar-refractivity contribution in [3.63, 3.8) is 0 Å². The number of aryl methyl sites for hydroxylation is 1. The van der Waals surface area contributed by atoms with Gasteiger partial charge in [0.25, 0.3) is 11.5 Å². The van der Waals surface area contributed by atoms with Crippen LogP contribution in [-0.4, -0.2) is 58.7 Å². The summed E-state index contributed by atoms with van der Waals surface area (Å²) in [7, 11) is 1.48. The summed E-state index contributed by atoms with van der Waals surface area (Å²) < 4.78 is 5.20. The molecule has 0 unspecified atom stereocenters. The number of benzene rings is 2. The van der Waals surface area contributed by atoms with Crippen molar-refractivity contribution in [1.82, 2.24) is 20.2 Å². The van der Waals surface area contributed by atoms with Crippen LogP contribution >= 0.6 is 11.6 Å². The Balaban J connectivity index is 1.72. The smallest absolute Gasteiger partial charge is 0.406 e. The average Bonchev–Trinajstić information content (AvgIpc) is 2.94. The van der Waals surface area contributed by atoms with Gasteiger partial charge in [-0.1, -0.05) is 53.6 Å². The molecule has 1 saturated heterocycles. The molecular weight excluding hydrogens is 534 g/mol. The molecule has 3 aromatic rings. The molecule has 0 radical (unpaired) electrons. The van der Waals surface area contributed by atoms with E-state index in [4.69, 9.17) is 22.1 Å². The number of nitrogens with two attached hydrogens (primary N) is 1. The summed E-state index contributed by atoms with van der Waals surface area (Å²) in [6.45, 7) is 2.72. The molecule has 1 fully saturated rings. The maximum Gasteiger partial charge on any atom is 0.406 e. The van der Waals surface area contributed by atoms with Crippen LogP contribution in [0.1, 0.15) is 47.2 Å². The number of hydrogen-bond donors (Lipinski definition) is 4. The monoisotopic (exact) mass is 567 g/mol. The third-order valence-electron chi connectivity index (χ3n) is 7.36. The van der Waals surface area contributed by atoms with Crippen molar-refractivity contribution in [2.45, 2.75) is 38.2 Å². The first kappa shape index (κ1) is 29.1. The highest BCUT2D eigenvalue weighted by atomic mass is 35.5. The van der Waals surface area contributed by atoms with E-state index < -0.39 is 29.1 Å². The van der Waals surface area contributed by atoms with Crippen LogP contribution in [0.3, 0.4) is 0 Å². The van der Waals surface area contributed by atoms with Crippen molar-refractivity contribution in [2.24, 2.45) is 5.92 Å². The SMILES string of the molecule is CNC(=O)OCCC[C@@](O)(c1cccc(Cl)c1-c1cccc(C)c1)[C@@H]1CCCN(C(=O)c2cnc(N)[nH]c2=O)C1. The molecule has 1 aromatic heterocycles. The average molecular weight is 568 g/mol. The predicted molar refractivity (Wildman–Crippen MR) is 153 cm³/mol. The van der Waals surface area contributed by atoms with Gasteiger partial charge in [-0.05, 0) is 49.8 Å². The number of nitrogens with one attached hydrogen (secondary N) is 2. The molecule has 1 aliphatic heterocycles. The molecule has 212 valence electrons. The molecule has 0 saturated carbocycles. The third kappa shape index (κ3) is 6.29. The molecule has 40 heavy (non-hydrogen) atoms. The van der Waals surface area contributed by atoms with E-state index in [2.05, 4.69) is 15.3 Å². The van der Waals surface area contributed by atoms with Gasteiger partial charge in [-0.15, -0.1) is 0 Å². The Morgan fingerprint density at radius 1 is 1.30 bits per heavy atom. The van der Waals surface area contributed by atoms with Crippen molar-refractivity contribution in [3.8, 4) is 11.1 Å².